The lowest BCUT2D eigenvalue weighted by Gasteiger charge is -2.21. The second-order valence-electron chi connectivity index (χ2n) is 7.49. The maximum absolute atomic E-state index is 6.22. The molecule has 0 aliphatic heterocycles. The highest BCUT2D eigenvalue weighted by molar-refractivity contribution is 6.31. The van der Waals surface area contributed by atoms with E-state index in [-0.39, 0.29) is 0 Å². The van der Waals surface area contributed by atoms with E-state index in [1.807, 2.05) is 36.4 Å². The fourth-order valence-corrected chi connectivity index (χ4v) is 4.32. The van der Waals surface area contributed by atoms with Crippen molar-refractivity contribution in [1.82, 2.24) is 19.6 Å². The summed E-state index contributed by atoms with van der Waals surface area (Å²) in [6, 6.07) is 16.1. The predicted octanol–water partition coefficient (Wildman–Crippen LogP) is 5.59. The molecule has 5 rings (SSSR count). The van der Waals surface area contributed by atoms with Crippen LogP contribution in [0.15, 0.2) is 48.5 Å². The first-order valence-electron chi connectivity index (χ1n) is 9.92. The van der Waals surface area contributed by atoms with Gasteiger partial charge in [-0.25, -0.2) is 9.38 Å². The van der Waals surface area contributed by atoms with Crippen molar-refractivity contribution in [1.29, 1.82) is 0 Å². The third kappa shape index (κ3) is 3.20. The Kier molecular flexibility index (Phi) is 4.61. The first kappa shape index (κ1) is 17.4. The summed E-state index contributed by atoms with van der Waals surface area (Å²) in [6.07, 6.45) is 6.15. The molecule has 0 spiro atoms. The van der Waals surface area contributed by atoms with Gasteiger partial charge in [0.2, 0.25) is 5.95 Å². The van der Waals surface area contributed by atoms with Gasteiger partial charge in [-0.15, -0.1) is 10.2 Å². The number of benzene rings is 2. The van der Waals surface area contributed by atoms with E-state index in [2.05, 4.69) is 32.0 Å². The highest BCUT2D eigenvalue weighted by Crippen LogP contribution is 2.34. The van der Waals surface area contributed by atoms with Crippen molar-refractivity contribution >= 4 is 34.1 Å². The van der Waals surface area contributed by atoms with Gasteiger partial charge >= 0.3 is 0 Å². The molecule has 28 heavy (non-hydrogen) atoms. The molecule has 1 N–H and O–H groups in total. The Hall–Kier alpha value is -2.66. The molecule has 0 unspecified atom stereocenters. The summed E-state index contributed by atoms with van der Waals surface area (Å²) < 4.78 is 2.12. The number of hydrogen-bond donors (Lipinski definition) is 1. The van der Waals surface area contributed by atoms with E-state index < -0.39 is 0 Å². The van der Waals surface area contributed by atoms with E-state index in [0.717, 1.165) is 41.2 Å². The number of anilines is 1. The number of rotatable bonds is 4. The van der Waals surface area contributed by atoms with Crippen molar-refractivity contribution in [3.63, 3.8) is 0 Å². The van der Waals surface area contributed by atoms with Crippen LogP contribution >= 0.6 is 11.6 Å². The van der Waals surface area contributed by atoms with Crippen LogP contribution in [0.4, 0.5) is 5.95 Å². The number of aromatic nitrogens is 4. The molecule has 2 aromatic carbocycles. The van der Waals surface area contributed by atoms with Crippen LogP contribution in [0.5, 0.6) is 0 Å². The van der Waals surface area contributed by atoms with Crippen LogP contribution in [0.2, 0.25) is 5.02 Å². The average Bonchev–Trinajstić information content (AvgIpc) is 3.19. The Morgan fingerprint density at radius 2 is 1.82 bits per heavy atom. The lowest BCUT2D eigenvalue weighted by atomic mass is 9.89. The zero-order chi connectivity index (χ0) is 18.9. The summed E-state index contributed by atoms with van der Waals surface area (Å²) in [4.78, 5) is 4.89. The van der Waals surface area contributed by atoms with Crippen LogP contribution in [0.1, 0.15) is 49.4 Å². The highest BCUT2D eigenvalue weighted by Gasteiger charge is 2.24. The topological polar surface area (TPSA) is 55.1 Å². The molecule has 2 aromatic heterocycles. The molecule has 5 nitrogen and oxygen atoms in total. The van der Waals surface area contributed by atoms with E-state index in [9.17, 15) is 0 Å². The predicted molar refractivity (Wildman–Crippen MR) is 113 cm³/mol. The van der Waals surface area contributed by atoms with E-state index >= 15 is 0 Å². The largest absolute Gasteiger partial charge is 0.351 e. The lowest BCUT2D eigenvalue weighted by molar-refractivity contribution is 0.426. The monoisotopic (exact) mass is 391 g/mol. The summed E-state index contributed by atoms with van der Waals surface area (Å²) in [5, 5.41) is 14.3. The molecule has 0 amide bonds. The Balaban J connectivity index is 1.64. The van der Waals surface area contributed by atoms with Crippen molar-refractivity contribution in [3.8, 4) is 0 Å². The van der Waals surface area contributed by atoms with Gasteiger partial charge in [-0.1, -0.05) is 61.2 Å². The molecule has 1 aliphatic carbocycles. The quantitative estimate of drug-likeness (QED) is 0.492. The zero-order valence-electron chi connectivity index (χ0n) is 15.6. The minimum Gasteiger partial charge on any atom is -0.351 e. The van der Waals surface area contributed by atoms with Crippen LogP contribution in [0.3, 0.4) is 0 Å². The van der Waals surface area contributed by atoms with Crippen LogP contribution in [-0.2, 0) is 6.54 Å². The van der Waals surface area contributed by atoms with Gasteiger partial charge < -0.3 is 5.32 Å². The molecule has 1 saturated carbocycles. The number of hydrogen-bond acceptors (Lipinski definition) is 4. The third-order valence-electron chi connectivity index (χ3n) is 5.59. The second kappa shape index (κ2) is 7.40. The van der Waals surface area contributed by atoms with Crippen molar-refractivity contribution in [2.45, 2.75) is 44.6 Å². The fourth-order valence-electron chi connectivity index (χ4n) is 4.15. The molecule has 0 atom stereocenters. The van der Waals surface area contributed by atoms with Crippen molar-refractivity contribution in [2.75, 3.05) is 5.32 Å². The standard InChI is InChI=1S/C22H22ClN5/c23-17-11-12-18-19(13-17)25-22(24-14-15-7-3-1-4-8-15)28-20(26-27-21(18)28)16-9-5-2-6-10-16/h1,3-4,7-8,11-13,16H,2,5-6,9-10,14H2,(H,24,25). The molecular weight excluding hydrogens is 370 g/mol. The molecule has 4 aromatic rings. The van der Waals surface area contributed by atoms with Gasteiger partial charge in [-0.2, -0.15) is 0 Å². The molecule has 6 heteroatoms. The van der Waals surface area contributed by atoms with E-state index in [4.69, 9.17) is 16.6 Å². The van der Waals surface area contributed by atoms with Crippen LogP contribution in [-0.4, -0.2) is 19.6 Å². The fraction of sp³-hybridized carbons (Fsp3) is 0.318. The van der Waals surface area contributed by atoms with Crippen molar-refractivity contribution in [2.24, 2.45) is 0 Å². The van der Waals surface area contributed by atoms with Gasteiger partial charge in [0.15, 0.2) is 5.65 Å². The molecule has 0 radical (unpaired) electrons. The van der Waals surface area contributed by atoms with Crippen LogP contribution < -0.4 is 5.32 Å². The number of halogens is 1. The molecule has 142 valence electrons. The molecular formula is C22H22ClN5. The summed E-state index contributed by atoms with van der Waals surface area (Å²) in [7, 11) is 0. The van der Waals surface area contributed by atoms with E-state index in [1.54, 1.807) is 0 Å². The number of fused-ring (bicyclic) bond motifs is 3. The average molecular weight is 392 g/mol. The van der Waals surface area contributed by atoms with Gasteiger partial charge in [0.25, 0.3) is 0 Å². The summed E-state index contributed by atoms with van der Waals surface area (Å²) in [5.74, 6) is 2.24. The van der Waals surface area contributed by atoms with Crippen LogP contribution in [0, 0.1) is 0 Å². The first-order chi connectivity index (χ1) is 13.8. The van der Waals surface area contributed by atoms with Gasteiger partial charge in [0.1, 0.15) is 5.82 Å². The third-order valence-corrected chi connectivity index (χ3v) is 5.83. The Morgan fingerprint density at radius 1 is 1.00 bits per heavy atom. The van der Waals surface area contributed by atoms with Gasteiger partial charge in [0, 0.05) is 22.9 Å². The summed E-state index contributed by atoms with van der Waals surface area (Å²) in [6.45, 7) is 0.692. The van der Waals surface area contributed by atoms with Crippen molar-refractivity contribution in [3.05, 3.63) is 64.9 Å². The Morgan fingerprint density at radius 3 is 2.64 bits per heavy atom. The van der Waals surface area contributed by atoms with Crippen LogP contribution in [0.25, 0.3) is 16.6 Å². The minimum atomic E-state index is 0.438. The molecule has 0 saturated heterocycles. The van der Waals surface area contributed by atoms with E-state index in [0.29, 0.717) is 17.5 Å². The molecule has 1 fully saturated rings. The normalized spacial score (nSPS) is 15.3. The minimum absolute atomic E-state index is 0.438. The SMILES string of the molecule is Clc1ccc2c(c1)nc(NCc1ccccc1)n1c(C3CCCCC3)nnc21. The Labute approximate surface area is 168 Å². The van der Waals surface area contributed by atoms with Gasteiger partial charge in [-0.05, 0) is 36.6 Å². The maximum atomic E-state index is 6.22. The second-order valence-corrected chi connectivity index (χ2v) is 7.92. The Bertz CT molecular complexity index is 1120. The van der Waals surface area contributed by atoms with E-state index in [1.165, 1.54) is 24.8 Å². The summed E-state index contributed by atoms with van der Waals surface area (Å²) >= 11 is 6.22. The smallest absolute Gasteiger partial charge is 0.211 e. The highest BCUT2D eigenvalue weighted by atomic mass is 35.5. The number of nitrogens with one attached hydrogen (secondary N) is 1. The van der Waals surface area contributed by atoms with Gasteiger partial charge in [-0.3, -0.25) is 0 Å². The zero-order valence-corrected chi connectivity index (χ0v) is 16.4. The molecule has 1 aliphatic rings. The number of nitrogens with zero attached hydrogens (tertiary/aromatic N) is 4. The summed E-state index contributed by atoms with van der Waals surface area (Å²) in [5.41, 5.74) is 2.88. The lowest BCUT2D eigenvalue weighted by Crippen LogP contribution is -2.13. The van der Waals surface area contributed by atoms with Gasteiger partial charge in [0.05, 0.1) is 5.52 Å². The van der Waals surface area contributed by atoms with Crippen molar-refractivity contribution < 1.29 is 0 Å². The maximum Gasteiger partial charge on any atom is 0.211 e. The molecule has 2 heterocycles. The molecule has 0 bridgehead atoms. The first-order valence-corrected chi connectivity index (χ1v) is 10.3.